The van der Waals surface area contributed by atoms with E-state index in [1.54, 1.807) is 6.20 Å². The molecule has 1 amide bonds. The van der Waals surface area contributed by atoms with E-state index in [2.05, 4.69) is 20.6 Å². The highest BCUT2D eigenvalue weighted by Crippen LogP contribution is 2.01. The van der Waals surface area contributed by atoms with Crippen LogP contribution in [0.4, 0.5) is 11.6 Å². The average Bonchev–Trinajstić information content (AvgIpc) is 2.29. The van der Waals surface area contributed by atoms with Crippen LogP contribution in [0.5, 0.6) is 0 Å². The van der Waals surface area contributed by atoms with Gasteiger partial charge in [0.05, 0.1) is 12.4 Å². The molecule has 0 unspecified atom stereocenters. The number of aromatic nitrogens is 2. The van der Waals surface area contributed by atoms with Crippen molar-refractivity contribution >= 4 is 17.5 Å². The summed E-state index contributed by atoms with van der Waals surface area (Å²) in [5.74, 6) is 1.04. The predicted octanol–water partition coefficient (Wildman–Crippen LogP) is 0.387. The van der Waals surface area contributed by atoms with Gasteiger partial charge in [0.25, 0.3) is 0 Å². The minimum Gasteiger partial charge on any atom is -0.382 e. The molecule has 0 aliphatic carbocycles. The zero-order valence-electron chi connectivity index (χ0n) is 9.36. The van der Waals surface area contributed by atoms with Crippen molar-refractivity contribution < 1.29 is 4.79 Å². The topological polar surface area (TPSA) is 92.9 Å². The number of carbonyl (C=O) groups excluding carboxylic acids is 1. The normalized spacial score (nSPS) is 9.81. The van der Waals surface area contributed by atoms with Gasteiger partial charge in [-0.1, -0.05) is 6.92 Å². The lowest BCUT2D eigenvalue weighted by Crippen LogP contribution is -2.25. The van der Waals surface area contributed by atoms with Crippen LogP contribution in [0, 0.1) is 0 Å². The zero-order valence-corrected chi connectivity index (χ0v) is 9.36. The minimum absolute atomic E-state index is 0.0396. The molecular weight excluding hydrogens is 206 g/mol. The third-order valence-electron chi connectivity index (χ3n) is 1.90. The van der Waals surface area contributed by atoms with E-state index in [0.29, 0.717) is 24.6 Å². The summed E-state index contributed by atoms with van der Waals surface area (Å²) in [5, 5.41) is 5.78. The summed E-state index contributed by atoms with van der Waals surface area (Å²) >= 11 is 0. The van der Waals surface area contributed by atoms with Crippen LogP contribution in [-0.4, -0.2) is 29.0 Å². The molecule has 0 bridgehead atoms. The van der Waals surface area contributed by atoms with Crippen LogP contribution in [0.2, 0.25) is 0 Å². The number of rotatable bonds is 6. The van der Waals surface area contributed by atoms with Gasteiger partial charge in [0.15, 0.2) is 0 Å². The molecule has 0 aromatic carbocycles. The Balaban J connectivity index is 2.20. The Morgan fingerprint density at radius 2 is 2.19 bits per heavy atom. The molecule has 0 fully saturated rings. The highest BCUT2D eigenvalue weighted by molar-refractivity contribution is 5.76. The van der Waals surface area contributed by atoms with Gasteiger partial charge < -0.3 is 16.4 Å². The number of carbonyl (C=O) groups is 1. The van der Waals surface area contributed by atoms with E-state index in [-0.39, 0.29) is 5.91 Å². The molecule has 0 atom stereocenters. The first-order valence-electron chi connectivity index (χ1n) is 5.30. The number of nitrogens with two attached hydrogens (primary N) is 1. The molecule has 0 saturated carbocycles. The van der Waals surface area contributed by atoms with Crippen molar-refractivity contribution in [3.8, 4) is 0 Å². The van der Waals surface area contributed by atoms with Crippen LogP contribution in [0.15, 0.2) is 12.4 Å². The predicted molar refractivity (Wildman–Crippen MR) is 62.9 cm³/mol. The largest absolute Gasteiger partial charge is 0.382 e. The molecular formula is C10H17N5O. The van der Waals surface area contributed by atoms with Gasteiger partial charge in [-0.05, 0) is 6.42 Å². The number of hydrogen-bond acceptors (Lipinski definition) is 5. The van der Waals surface area contributed by atoms with Gasteiger partial charge in [0, 0.05) is 19.5 Å². The van der Waals surface area contributed by atoms with Gasteiger partial charge in [-0.25, -0.2) is 9.97 Å². The fourth-order valence-corrected chi connectivity index (χ4v) is 1.09. The smallest absolute Gasteiger partial charge is 0.221 e. The van der Waals surface area contributed by atoms with Crippen molar-refractivity contribution in [1.82, 2.24) is 15.3 Å². The number of hydrogen-bond donors (Lipinski definition) is 3. The highest BCUT2D eigenvalue weighted by Gasteiger charge is 2.00. The molecule has 1 rings (SSSR count). The van der Waals surface area contributed by atoms with E-state index in [1.807, 2.05) is 6.92 Å². The molecule has 0 spiro atoms. The third-order valence-corrected chi connectivity index (χ3v) is 1.90. The molecule has 6 nitrogen and oxygen atoms in total. The van der Waals surface area contributed by atoms with Gasteiger partial charge >= 0.3 is 0 Å². The van der Waals surface area contributed by atoms with E-state index in [0.717, 1.165) is 13.0 Å². The maximum Gasteiger partial charge on any atom is 0.221 e. The van der Waals surface area contributed by atoms with E-state index in [9.17, 15) is 4.79 Å². The highest BCUT2D eigenvalue weighted by atomic mass is 16.1. The zero-order chi connectivity index (χ0) is 11.8. The molecule has 1 aromatic rings. The molecule has 4 N–H and O–H groups in total. The van der Waals surface area contributed by atoms with Crippen LogP contribution in [0.3, 0.4) is 0 Å². The Morgan fingerprint density at radius 1 is 1.38 bits per heavy atom. The summed E-state index contributed by atoms with van der Waals surface area (Å²) in [4.78, 5) is 19.1. The SMILES string of the molecule is CCCNC(=O)CCNc1cnc(N)cn1. The Kier molecular flexibility index (Phi) is 5.04. The molecule has 1 heterocycles. The number of anilines is 2. The second kappa shape index (κ2) is 6.60. The third kappa shape index (κ3) is 4.59. The lowest BCUT2D eigenvalue weighted by atomic mass is 10.3. The summed E-state index contributed by atoms with van der Waals surface area (Å²) in [6, 6.07) is 0. The van der Waals surface area contributed by atoms with Gasteiger partial charge in [-0.15, -0.1) is 0 Å². The summed E-state index contributed by atoms with van der Waals surface area (Å²) in [7, 11) is 0. The van der Waals surface area contributed by atoms with Crippen molar-refractivity contribution in [2.24, 2.45) is 0 Å². The number of nitrogens with zero attached hydrogens (tertiary/aromatic N) is 2. The van der Waals surface area contributed by atoms with E-state index >= 15 is 0 Å². The second-order valence-electron chi connectivity index (χ2n) is 3.35. The van der Waals surface area contributed by atoms with E-state index < -0.39 is 0 Å². The number of nitrogen functional groups attached to an aromatic ring is 1. The molecule has 0 aliphatic heterocycles. The first kappa shape index (κ1) is 12.2. The maximum atomic E-state index is 11.2. The second-order valence-corrected chi connectivity index (χ2v) is 3.35. The standard InChI is InChI=1S/C10H17N5O/c1-2-4-13-10(16)3-5-12-9-7-14-8(11)6-15-9/h6-7H,2-5H2,1H3,(H2,11,14)(H,12,15)(H,13,16). The van der Waals surface area contributed by atoms with Gasteiger partial charge in [0.2, 0.25) is 5.91 Å². The van der Waals surface area contributed by atoms with E-state index in [4.69, 9.17) is 5.73 Å². The monoisotopic (exact) mass is 223 g/mol. The average molecular weight is 223 g/mol. The van der Waals surface area contributed by atoms with Crippen molar-refractivity contribution in [2.45, 2.75) is 19.8 Å². The fraction of sp³-hybridized carbons (Fsp3) is 0.500. The Bertz CT molecular complexity index is 324. The minimum atomic E-state index is 0.0396. The van der Waals surface area contributed by atoms with Gasteiger partial charge in [-0.2, -0.15) is 0 Å². The van der Waals surface area contributed by atoms with Crippen LogP contribution >= 0.6 is 0 Å². The lowest BCUT2D eigenvalue weighted by Gasteiger charge is -2.05. The van der Waals surface area contributed by atoms with Crippen LogP contribution in [0.1, 0.15) is 19.8 Å². The van der Waals surface area contributed by atoms with Crippen molar-refractivity contribution in [3.05, 3.63) is 12.4 Å². The molecule has 88 valence electrons. The van der Waals surface area contributed by atoms with Crippen molar-refractivity contribution in [1.29, 1.82) is 0 Å². The van der Waals surface area contributed by atoms with Crippen LogP contribution < -0.4 is 16.4 Å². The molecule has 16 heavy (non-hydrogen) atoms. The van der Waals surface area contributed by atoms with Crippen LogP contribution in [-0.2, 0) is 4.79 Å². The fourth-order valence-electron chi connectivity index (χ4n) is 1.09. The first-order chi connectivity index (χ1) is 7.72. The Morgan fingerprint density at radius 3 is 2.81 bits per heavy atom. The summed E-state index contributed by atoms with van der Waals surface area (Å²) in [6.07, 6.45) is 4.38. The molecule has 0 aliphatic rings. The maximum absolute atomic E-state index is 11.2. The van der Waals surface area contributed by atoms with E-state index in [1.165, 1.54) is 6.20 Å². The number of nitrogens with one attached hydrogen (secondary N) is 2. The summed E-state index contributed by atoms with van der Waals surface area (Å²) < 4.78 is 0. The van der Waals surface area contributed by atoms with Gasteiger partial charge in [-0.3, -0.25) is 4.79 Å². The molecule has 6 heteroatoms. The van der Waals surface area contributed by atoms with Crippen LogP contribution in [0.25, 0.3) is 0 Å². The lowest BCUT2D eigenvalue weighted by molar-refractivity contribution is -0.120. The summed E-state index contributed by atoms with van der Waals surface area (Å²) in [5.41, 5.74) is 5.39. The van der Waals surface area contributed by atoms with Crippen molar-refractivity contribution in [2.75, 3.05) is 24.1 Å². The Labute approximate surface area is 94.7 Å². The van der Waals surface area contributed by atoms with Crippen molar-refractivity contribution in [3.63, 3.8) is 0 Å². The molecule has 1 aromatic heterocycles. The molecule has 0 radical (unpaired) electrons. The number of amides is 1. The summed E-state index contributed by atoms with van der Waals surface area (Å²) in [6.45, 7) is 3.27. The van der Waals surface area contributed by atoms with Gasteiger partial charge in [0.1, 0.15) is 11.6 Å². The Hall–Kier alpha value is -1.85. The first-order valence-corrected chi connectivity index (χ1v) is 5.30. The molecule has 0 saturated heterocycles. The quantitative estimate of drug-likeness (QED) is 0.648.